The number of hydrogen-bond donors (Lipinski definition) is 3. The molecule has 0 aliphatic carbocycles. The Kier molecular flexibility index (Phi) is 4.43. The van der Waals surface area contributed by atoms with Gasteiger partial charge >= 0.3 is 0 Å². The van der Waals surface area contributed by atoms with Crippen molar-refractivity contribution in [3.05, 3.63) is 93.9 Å². The van der Waals surface area contributed by atoms with Gasteiger partial charge in [-0.3, -0.25) is 14.7 Å². The van der Waals surface area contributed by atoms with Gasteiger partial charge in [-0.15, -0.1) is 0 Å². The van der Waals surface area contributed by atoms with Gasteiger partial charge in [0, 0.05) is 23.0 Å². The third kappa shape index (κ3) is 3.40. The van der Waals surface area contributed by atoms with E-state index in [9.17, 15) is 9.90 Å². The fourth-order valence-corrected chi connectivity index (χ4v) is 3.83. The molecule has 1 aromatic heterocycles. The molecule has 0 saturated carbocycles. The average molecular weight is 411 g/mol. The van der Waals surface area contributed by atoms with Crippen LogP contribution in [0.15, 0.2) is 76.5 Å². The van der Waals surface area contributed by atoms with E-state index >= 15 is 0 Å². The normalized spacial score (nSPS) is 15.2. The van der Waals surface area contributed by atoms with Gasteiger partial charge in [-0.05, 0) is 42.8 Å². The van der Waals surface area contributed by atoms with Gasteiger partial charge in [-0.1, -0.05) is 48.0 Å². The number of aliphatic imine (C=N–C) groups is 1. The van der Waals surface area contributed by atoms with Gasteiger partial charge in [0.25, 0.3) is 5.56 Å². The van der Waals surface area contributed by atoms with Crippen molar-refractivity contribution in [2.24, 2.45) is 4.99 Å². The number of hydrogen-bond acceptors (Lipinski definition) is 6. The highest BCUT2D eigenvalue weighted by atomic mass is 16.3. The number of phenols is 1. The topological polar surface area (TPSA) is 91.5 Å². The zero-order valence-electron chi connectivity index (χ0n) is 17.1. The van der Waals surface area contributed by atoms with Crippen LogP contribution in [-0.2, 0) is 0 Å². The van der Waals surface area contributed by atoms with Gasteiger partial charge in [0.15, 0.2) is 6.17 Å². The quantitative estimate of drug-likeness (QED) is 0.461. The molecule has 31 heavy (non-hydrogen) atoms. The summed E-state index contributed by atoms with van der Waals surface area (Å²) in [6.45, 7) is 3.79. The summed E-state index contributed by atoms with van der Waals surface area (Å²) in [6.07, 6.45) is -0.782. The molecule has 0 bridgehead atoms. The molecule has 0 radical (unpaired) electrons. The van der Waals surface area contributed by atoms with E-state index in [4.69, 9.17) is 4.99 Å². The van der Waals surface area contributed by atoms with Crippen molar-refractivity contribution >= 4 is 28.4 Å². The molecule has 0 fully saturated rings. The van der Waals surface area contributed by atoms with Crippen LogP contribution >= 0.6 is 0 Å². The first-order valence-electron chi connectivity index (χ1n) is 9.99. The lowest BCUT2D eigenvalue weighted by Gasteiger charge is -2.28. The molecule has 0 amide bonds. The summed E-state index contributed by atoms with van der Waals surface area (Å²) in [5.41, 5.74) is 2.90. The number of guanidine groups is 1. The van der Waals surface area contributed by atoms with Gasteiger partial charge in [0.2, 0.25) is 11.9 Å². The van der Waals surface area contributed by atoms with Crippen LogP contribution in [0.5, 0.6) is 5.75 Å². The van der Waals surface area contributed by atoms with E-state index in [2.05, 4.69) is 15.6 Å². The molecule has 154 valence electrons. The van der Waals surface area contributed by atoms with E-state index in [0.29, 0.717) is 23.2 Å². The highest BCUT2D eigenvalue weighted by Crippen LogP contribution is 2.37. The van der Waals surface area contributed by atoms with Gasteiger partial charge in [-0.2, -0.15) is 0 Å². The Morgan fingerprint density at radius 1 is 1.03 bits per heavy atom. The van der Waals surface area contributed by atoms with Gasteiger partial charge in [0.05, 0.1) is 0 Å². The maximum Gasteiger partial charge on any atom is 0.257 e. The highest BCUT2D eigenvalue weighted by Gasteiger charge is 2.28. The molecule has 5 rings (SSSR count). The standard InChI is InChI=1S/C24H21N5O2/c1-14-7-10-17(11-8-14)26-23-27-22(29-20(31)13-15(2)25-24(29)28-23)21-18-6-4-3-5-16(18)9-12-19(21)30/h3-13,22,30H,1-2H3,(H2,25,26,27,28). The maximum atomic E-state index is 12.9. The molecule has 3 aromatic carbocycles. The van der Waals surface area contributed by atoms with Crippen molar-refractivity contribution in [2.75, 3.05) is 10.6 Å². The Labute approximate surface area is 178 Å². The second kappa shape index (κ2) is 7.28. The molecule has 2 heterocycles. The zero-order chi connectivity index (χ0) is 21.5. The van der Waals surface area contributed by atoms with E-state index in [1.54, 1.807) is 13.0 Å². The van der Waals surface area contributed by atoms with Crippen LogP contribution in [0.4, 0.5) is 11.6 Å². The second-order valence-corrected chi connectivity index (χ2v) is 7.62. The molecular formula is C24H21N5O2. The zero-order valence-corrected chi connectivity index (χ0v) is 17.1. The number of anilines is 2. The van der Waals surface area contributed by atoms with E-state index in [1.165, 1.54) is 10.6 Å². The van der Waals surface area contributed by atoms with E-state index in [-0.39, 0.29) is 11.3 Å². The van der Waals surface area contributed by atoms with Gasteiger partial charge < -0.3 is 10.4 Å². The number of aryl methyl sites for hydroxylation is 2. The molecule has 0 spiro atoms. The average Bonchev–Trinajstić information content (AvgIpc) is 2.74. The van der Waals surface area contributed by atoms with Gasteiger partial charge in [0.1, 0.15) is 5.75 Å². The molecule has 1 atom stereocenters. The minimum atomic E-state index is -0.782. The molecule has 7 nitrogen and oxygen atoms in total. The molecule has 1 unspecified atom stereocenters. The molecule has 3 N–H and O–H groups in total. The summed E-state index contributed by atoms with van der Waals surface area (Å²) in [5, 5.41) is 18.9. The Bertz CT molecular complexity index is 1390. The molecule has 1 aliphatic heterocycles. The van der Waals surface area contributed by atoms with E-state index in [0.717, 1.165) is 22.0 Å². The Hall–Kier alpha value is -4.13. The number of fused-ring (bicyclic) bond motifs is 2. The first kappa shape index (κ1) is 18.9. The number of nitrogens with zero attached hydrogens (tertiary/aromatic N) is 3. The van der Waals surface area contributed by atoms with Crippen molar-refractivity contribution in [3.63, 3.8) is 0 Å². The SMILES string of the molecule is Cc1ccc(NC2=NC(c3c(O)ccc4ccccc34)n3c(nc(C)cc3=O)N2)cc1. The summed E-state index contributed by atoms with van der Waals surface area (Å²) in [7, 11) is 0. The fourth-order valence-electron chi connectivity index (χ4n) is 3.83. The number of rotatable bonds is 2. The number of aromatic hydroxyl groups is 1. The second-order valence-electron chi connectivity index (χ2n) is 7.62. The fraction of sp³-hybridized carbons (Fsp3) is 0.125. The monoisotopic (exact) mass is 411 g/mol. The predicted molar refractivity (Wildman–Crippen MR) is 123 cm³/mol. The van der Waals surface area contributed by atoms with Crippen LogP contribution < -0.4 is 16.2 Å². The molecule has 7 heteroatoms. The molecular weight excluding hydrogens is 390 g/mol. The predicted octanol–water partition coefficient (Wildman–Crippen LogP) is 4.16. The first-order chi connectivity index (χ1) is 15.0. The Balaban J connectivity index is 1.71. The van der Waals surface area contributed by atoms with Crippen molar-refractivity contribution in [3.8, 4) is 5.75 Å². The molecule has 1 aliphatic rings. The summed E-state index contributed by atoms with van der Waals surface area (Å²) < 4.78 is 1.47. The maximum absolute atomic E-state index is 12.9. The third-order valence-corrected chi connectivity index (χ3v) is 5.33. The van der Waals surface area contributed by atoms with Crippen LogP contribution in [0.3, 0.4) is 0 Å². The van der Waals surface area contributed by atoms with Crippen LogP contribution in [0.2, 0.25) is 0 Å². The van der Waals surface area contributed by atoms with Crippen LogP contribution in [-0.4, -0.2) is 20.6 Å². The summed E-state index contributed by atoms with van der Waals surface area (Å²) in [5.74, 6) is 0.882. The number of phenolic OH excluding ortho intramolecular Hbond substituents is 1. The van der Waals surface area contributed by atoms with Crippen molar-refractivity contribution < 1.29 is 5.11 Å². The largest absolute Gasteiger partial charge is 0.507 e. The molecule has 4 aromatic rings. The van der Waals surface area contributed by atoms with Crippen LogP contribution in [0, 0.1) is 13.8 Å². The van der Waals surface area contributed by atoms with E-state index in [1.807, 2.05) is 61.5 Å². The Morgan fingerprint density at radius 3 is 2.61 bits per heavy atom. The van der Waals surface area contributed by atoms with Crippen molar-refractivity contribution in [2.45, 2.75) is 20.0 Å². The lowest BCUT2D eigenvalue weighted by atomic mass is 10.0. The smallest absolute Gasteiger partial charge is 0.257 e. The van der Waals surface area contributed by atoms with Gasteiger partial charge in [-0.25, -0.2) is 9.98 Å². The summed E-state index contributed by atoms with van der Waals surface area (Å²) >= 11 is 0. The van der Waals surface area contributed by atoms with Crippen molar-refractivity contribution in [1.29, 1.82) is 0 Å². The van der Waals surface area contributed by atoms with Crippen LogP contribution in [0.25, 0.3) is 10.8 Å². The van der Waals surface area contributed by atoms with Crippen molar-refractivity contribution in [1.82, 2.24) is 9.55 Å². The third-order valence-electron chi connectivity index (χ3n) is 5.33. The number of nitrogens with one attached hydrogen (secondary N) is 2. The minimum Gasteiger partial charge on any atom is -0.507 e. The highest BCUT2D eigenvalue weighted by molar-refractivity contribution is 6.04. The van der Waals surface area contributed by atoms with E-state index < -0.39 is 6.17 Å². The number of aromatic nitrogens is 2. The lowest BCUT2D eigenvalue weighted by Crippen LogP contribution is -2.37. The summed E-state index contributed by atoms with van der Waals surface area (Å²) in [6, 6.07) is 20.6. The number of benzene rings is 3. The minimum absolute atomic E-state index is 0.0717. The molecule has 0 saturated heterocycles. The van der Waals surface area contributed by atoms with Crippen LogP contribution in [0.1, 0.15) is 23.0 Å². The Morgan fingerprint density at radius 2 is 1.81 bits per heavy atom. The summed E-state index contributed by atoms with van der Waals surface area (Å²) in [4.78, 5) is 22.2. The first-order valence-corrected chi connectivity index (χ1v) is 9.99. The lowest BCUT2D eigenvalue weighted by molar-refractivity contribution is 0.454.